The normalized spacial score (nSPS) is 9.86. The molecule has 0 fully saturated rings. The van der Waals surface area contributed by atoms with Crippen LogP contribution in [0.3, 0.4) is 0 Å². The number of hydrogen-bond acceptors (Lipinski definition) is 3. The summed E-state index contributed by atoms with van der Waals surface area (Å²) in [6.07, 6.45) is 0. The second-order valence-corrected chi connectivity index (χ2v) is 4.45. The van der Waals surface area contributed by atoms with Crippen molar-refractivity contribution < 1.29 is 14.3 Å². The summed E-state index contributed by atoms with van der Waals surface area (Å²) in [5.74, 6) is 0.688. The lowest BCUT2D eigenvalue weighted by atomic mass is 10.2. The first-order chi connectivity index (χ1) is 10.1. The van der Waals surface area contributed by atoms with Crippen molar-refractivity contribution in [2.45, 2.75) is 20.4 Å². The molecular weight excluding hydrogens is 270 g/mol. The van der Waals surface area contributed by atoms with Gasteiger partial charge < -0.3 is 20.3 Å². The molecule has 0 aliphatic heterocycles. The second kappa shape index (κ2) is 8.84. The topological polar surface area (TPSA) is 70.7 Å². The number of ether oxygens (including phenoxy) is 1. The highest BCUT2D eigenvalue weighted by atomic mass is 16.5. The van der Waals surface area contributed by atoms with E-state index in [0.717, 1.165) is 11.3 Å². The molecule has 0 aliphatic carbocycles. The molecule has 1 aromatic rings. The summed E-state index contributed by atoms with van der Waals surface area (Å²) in [5, 5.41) is 5.26. The third-order valence-corrected chi connectivity index (χ3v) is 3.13. The molecule has 2 N–H and O–H groups in total. The summed E-state index contributed by atoms with van der Waals surface area (Å²) in [5.41, 5.74) is 0.959. The quantitative estimate of drug-likeness (QED) is 0.797. The van der Waals surface area contributed by atoms with E-state index in [-0.39, 0.29) is 18.5 Å². The number of rotatable bonds is 7. The molecule has 0 saturated carbocycles. The Morgan fingerprint density at radius 2 is 1.71 bits per heavy atom. The largest absolute Gasteiger partial charge is 0.497 e. The summed E-state index contributed by atoms with van der Waals surface area (Å²) >= 11 is 0. The zero-order valence-corrected chi connectivity index (χ0v) is 12.8. The number of amides is 3. The smallest absolute Gasteiger partial charge is 0.315 e. The van der Waals surface area contributed by atoms with Gasteiger partial charge in [-0.25, -0.2) is 4.79 Å². The standard InChI is InChI=1S/C15H23N3O3/c1-4-18(5-2)14(19)11-17-15(20)16-10-12-6-8-13(21-3)9-7-12/h6-9H,4-5,10-11H2,1-3H3,(H2,16,17,20). The van der Waals surface area contributed by atoms with Crippen LogP contribution in [0.15, 0.2) is 24.3 Å². The molecule has 0 bridgehead atoms. The average Bonchev–Trinajstić information content (AvgIpc) is 2.52. The molecule has 0 aliphatic rings. The minimum atomic E-state index is -0.355. The zero-order valence-electron chi connectivity index (χ0n) is 12.8. The van der Waals surface area contributed by atoms with E-state index in [9.17, 15) is 9.59 Å². The van der Waals surface area contributed by atoms with Gasteiger partial charge in [0.15, 0.2) is 0 Å². The fraction of sp³-hybridized carbons (Fsp3) is 0.467. The summed E-state index contributed by atoms with van der Waals surface area (Å²) in [4.78, 5) is 25.0. The van der Waals surface area contributed by atoms with Gasteiger partial charge in [0.1, 0.15) is 5.75 Å². The van der Waals surface area contributed by atoms with Crippen molar-refractivity contribution >= 4 is 11.9 Å². The number of carbonyl (C=O) groups is 2. The Balaban J connectivity index is 2.32. The fourth-order valence-corrected chi connectivity index (χ4v) is 1.83. The minimum absolute atomic E-state index is 0.0100. The van der Waals surface area contributed by atoms with E-state index in [2.05, 4.69) is 10.6 Å². The van der Waals surface area contributed by atoms with Crippen LogP contribution in [0, 0.1) is 0 Å². The molecule has 0 aromatic heterocycles. The molecule has 0 unspecified atom stereocenters. The Morgan fingerprint density at radius 3 is 2.24 bits per heavy atom. The lowest BCUT2D eigenvalue weighted by molar-refractivity contribution is -0.129. The number of nitrogens with one attached hydrogen (secondary N) is 2. The molecule has 0 heterocycles. The molecule has 6 heteroatoms. The molecule has 1 aromatic carbocycles. The van der Waals surface area contributed by atoms with Gasteiger partial charge in [-0.15, -0.1) is 0 Å². The summed E-state index contributed by atoms with van der Waals surface area (Å²) < 4.78 is 5.06. The second-order valence-electron chi connectivity index (χ2n) is 4.45. The SMILES string of the molecule is CCN(CC)C(=O)CNC(=O)NCc1ccc(OC)cc1. The maximum absolute atomic E-state index is 11.7. The first-order valence-electron chi connectivity index (χ1n) is 7.03. The van der Waals surface area contributed by atoms with E-state index in [1.807, 2.05) is 38.1 Å². The summed E-state index contributed by atoms with van der Waals surface area (Å²) in [7, 11) is 1.60. The first kappa shape index (κ1) is 16.8. The lowest BCUT2D eigenvalue weighted by Gasteiger charge is -2.18. The Hall–Kier alpha value is -2.24. The van der Waals surface area contributed by atoms with E-state index >= 15 is 0 Å². The molecule has 3 amide bonds. The van der Waals surface area contributed by atoms with Crippen LogP contribution in [0.1, 0.15) is 19.4 Å². The van der Waals surface area contributed by atoms with E-state index in [4.69, 9.17) is 4.74 Å². The van der Waals surface area contributed by atoms with Crippen LogP contribution in [0.2, 0.25) is 0 Å². The van der Waals surface area contributed by atoms with Crippen molar-refractivity contribution in [3.8, 4) is 5.75 Å². The molecule has 0 atom stereocenters. The predicted octanol–water partition coefficient (Wildman–Crippen LogP) is 1.36. The van der Waals surface area contributed by atoms with Gasteiger partial charge in [-0.1, -0.05) is 12.1 Å². The van der Waals surface area contributed by atoms with Gasteiger partial charge in [0.25, 0.3) is 0 Å². The third-order valence-electron chi connectivity index (χ3n) is 3.13. The molecule has 1 rings (SSSR count). The maximum atomic E-state index is 11.7. The van der Waals surface area contributed by atoms with Gasteiger partial charge in [-0.05, 0) is 31.5 Å². The number of nitrogens with zero attached hydrogens (tertiary/aromatic N) is 1. The highest BCUT2D eigenvalue weighted by molar-refractivity contribution is 5.83. The van der Waals surface area contributed by atoms with Gasteiger partial charge in [0.05, 0.1) is 13.7 Å². The first-order valence-corrected chi connectivity index (χ1v) is 7.03. The number of carbonyl (C=O) groups excluding carboxylic acids is 2. The number of benzene rings is 1. The van der Waals surface area contributed by atoms with Crippen LogP contribution in [0.25, 0.3) is 0 Å². The maximum Gasteiger partial charge on any atom is 0.315 e. The van der Waals surface area contributed by atoms with E-state index < -0.39 is 0 Å². The van der Waals surface area contributed by atoms with E-state index in [1.165, 1.54) is 0 Å². The van der Waals surface area contributed by atoms with Crippen molar-refractivity contribution in [3.63, 3.8) is 0 Å². The van der Waals surface area contributed by atoms with Gasteiger partial charge in [-0.2, -0.15) is 0 Å². The molecule has 6 nitrogen and oxygen atoms in total. The van der Waals surface area contributed by atoms with Gasteiger partial charge in [0.2, 0.25) is 5.91 Å². The Labute approximate surface area is 125 Å². The van der Waals surface area contributed by atoms with Crippen molar-refractivity contribution in [3.05, 3.63) is 29.8 Å². The van der Waals surface area contributed by atoms with Crippen LogP contribution in [-0.4, -0.2) is 43.6 Å². The Morgan fingerprint density at radius 1 is 1.10 bits per heavy atom. The molecule has 21 heavy (non-hydrogen) atoms. The number of urea groups is 1. The minimum Gasteiger partial charge on any atom is -0.497 e. The molecule has 116 valence electrons. The number of methoxy groups -OCH3 is 1. The van der Waals surface area contributed by atoms with Crippen molar-refractivity contribution in [2.75, 3.05) is 26.7 Å². The highest BCUT2D eigenvalue weighted by Crippen LogP contribution is 2.10. The lowest BCUT2D eigenvalue weighted by Crippen LogP contribution is -2.43. The van der Waals surface area contributed by atoms with E-state index in [0.29, 0.717) is 19.6 Å². The van der Waals surface area contributed by atoms with Crippen molar-refractivity contribution in [2.24, 2.45) is 0 Å². The van der Waals surface area contributed by atoms with Gasteiger partial charge in [-0.3, -0.25) is 4.79 Å². The fourth-order valence-electron chi connectivity index (χ4n) is 1.83. The third kappa shape index (κ3) is 5.72. The average molecular weight is 293 g/mol. The Kier molecular flexibility index (Phi) is 7.08. The van der Waals surface area contributed by atoms with Crippen LogP contribution in [0.4, 0.5) is 4.79 Å². The van der Waals surface area contributed by atoms with Crippen molar-refractivity contribution in [1.82, 2.24) is 15.5 Å². The summed E-state index contributed by atoms with van der Waals surface area (Å²) in [6.45, 7) is 5.51. The van der Waals surface area contributed by atoms with Crippen LogP contribution in [0.5, 0.6) is 5.75 Å². The molecule has 0 spiro atoms. The number of likely N-dealkylation sites (N-methyl/N-ethyl adjacent to an activating group) is 1. The van der Waals surface area contributed by atoms with Crippen LogP contribution >= 0.6 is 0 Å². The van der Waals surface area contributed by atoms with Crippen LogP contribution < -0.4 is 15.4 Å². The van der Waals surface area contributed by atoms with Crippen LogP contribution in [-0.2, 0) is 11.3 Å². The Bertz CT molecular complexity index is 456. The zero-order chi connectivity index (χ0) is 15.7. The van der Waals surface area contributed by atoms with Gasteiger partial charge >= 0.3 is 6.03 Å². The van der Waals surface area contributed by atoms with Crippen molar-refractivity contribution in [1.29, 1.82) is 0 Å². The van der Waals surface area contributed by atoms with E-state index in [1.54, 1.807) is 12.0 Å². The monoisotopic (exact) mass is 293 g/mol. The number of hydrogen-bond donors (Lipinski definition) is 2. The summed E-state index contributed by atoms with van der Waals surface area (Å²) in [6, 6.07) is 7.06. The molecular formula is C15H23N3O3. The van der Waals surface area contributed by atoms with Gasteiger partial charge in [0, 0.05) is 19.6 Å². The predicted molar refractivity (Wildman–Crippen MR) is 81.2 cm³/mol. The highest BCUT2D eigenvalue weighted by Gasteiger charge is 2.10. The molecule has 0 radical (unpaired) electrons. The molecule has 0 saturated heterocycles.